The number of primary amides is 1. The van der Waals surface area contributed by atoms with E-state index in [4.69, 9.17) is 10.3 Å². The molecule has 20 heavy (non-hydrogen) atoms. The van der Waals surface area contributed by atoms with E-state index in [1.54, 1.807) is 42.5 Å². The van der Waals surface area contributed by atoms with E-state index in [2.05, 4.69) is 0 Å². The minimum absolute atomic E-state index is 0. The Labute approximate surface area is 116 Å². The first-order valence-corrected chi connectivity index (χ1v) is 6.72. The van der Waals surface area contributed by atoms with Gasteiger partial charge in [-0.1, -0.05) is 36.4 Å². The van der Waals surface area contributed by atoms with Crippen LogP contribution in [0.25, 0.3) is 0 Å². The van der Waals surface area contributed by atoms with Gasteiger partial charge < -0.3 is 11.2 Å². The molecule has 2 aromatic rings. The Kier molecular flexibility index (Phi) is 7.16. The summed E-state index contributed by atoms with van der Waals surface area (Å²) in [6.07, 6.45) is 0. The molecule has 0 unspecified atom stereocenters. The van der Waals surface area contributed by atoms with Gasteiger partial charge in [0.2, 0.25) is 5.91 Å². The largest absolute Gasteiger partial charge is 0.412 e. The molecule has 0 radical (unpaired) electrons. The number of nitrogens with two attached hydrogens (primary N) is 1. The molecule has 108 valence electrons. The summed E-state index contributed by atoms with van der Waals surface area (Å²) >= 11 is 0. The fraction of sp³-hybridized carbons (Fsp3) is 0. The van der Waals surface area contributed by atoms with Gasteiger partial charge in [0.05, 0.1) is 4.90 Å². The van der Waals surface area contributed by atoms with Gasteiger partial charge in [0, 0.05) is 5.56 Å². The van der Waals surface area contributed by atoms with Crippen LogP contribution < -0.4 is 5.73 Å². The molecule has 0 heterocycles. The van der Waals surface area contributed by atoms with Crippen molar-refractivity contribution in [3.05, 3.63) is 66.2 Å². The van der Waals surface area contributed by atoms with Crippen LogP contribution in [0.2, 0.25) is 0 Å². The summed E-state index contributed by atoms with van der Waals surface area (Å²) in [4.78, 5) is 10.3. The molecule has 0 fully saturated rings. The van der Waals surface area contributed by atoms with Crippen molar-refractivity contribution in [3.63, 3.8) is 0 Å². The maximum Gasteiger partial charge on any atom is 0.294 e. The number of hydrogen-bond acceptors (Lipinski definition) is 3. The zero-order chi connectivity index (χ0) is 14.3. The van der Waals surface area contributed by atoms with Crippen LogP contribution >= 0.6 is 0 Å². The van der Waals surface area contributed by atoms with Crippen LogP contribution in [-0.2, 0) is 10.1 Å². The number of carbonyl (C=O) groups is 1. The van der Waals surface area contributed by atoms with Crippen molar-refractivity contribution < 1.29 is 23.2 Å². The summed E-state index contributed by atoms with van der Waals surface area (Å²) in [5.41, 5.74) is 5.53. The van der Waals surface area contributed by atoms with Crippen molar-refractivity contribution in [1.82, 2.24) is 0 Å². The smallest absolute Gasteiger partial charge is 0.294 e. The lowest BCUT2D eigenvalue weighted by Crippen LogP contribution is -2.09. The van der Waals surface area contributed by atoms with Crippen molar-refractivity contribution in [1.29, 1.82) is 0 Å². The third-order valence-electron chi connectivity index (χ3n) is 2.10. The monoisotopic (exact) mass is 297 g/mol. The van der Waals surface area contributed by atoms with Crippen LogP contribution in [0.3, 0.4) is 0 Å². The quantitative estimate of drug-likeness (QED) is 0.797. The second-order valence-corrected chi connectivity index (χ2v) is 4.94. The summed E-state index contributed by atoms with van der Waals surface area (Å²) in [5, 5.41) is 0. The molecule has 0 aliphatic carbocycles. The third-order valence-corrected chi connectivity index (χ3v) is 2.97. The van der Waals surface area contributed by atoms with Gasteiger partial charge in [-0.05, 0) is 24.3 Å². The van der Waals surface area contributed by atoms with Crippen molar-refractivity contribution in [2.75, 3.05) is 0 Å². The summed E-state index contributed by atoms with van der Waals surface area (Å²) < 4.78 is 29.2. The van der Waals surface area contributed by atoms with Gasteiger partial charge in [0.1, 0.15) is 0 Å². The van der Waals surface area contributed by atoms with Gasteiger partial charge in [0.25, 0.3) is 10.1 Å². The highest BCUT2D eigenvalue weighted by Crippen LogP contribution is 2.05. The summed E-state index contributed by atoms with van der Waals surface area (Å²) in [5.74, 6) is -0.379. The molecule has 2 rings (SSSR count). The van der Waals surface area contributed by atoms with E-state index < -0.39 is 10.1 Å². The van der Waals surface area contributed by atoms with E-state index in [9.17, 15) is 13.2 Å². The first-order chi connectivity index (χ1) is 8.91. The average Bonchev–Trinajstić information content (AvgIpc) is 2.40. The highest BCUT2D eigenvalue weighted by Gasteiger charge is 2.05. The van der Waals surface area contributed by atoms with E-state index >= 15 is 0 Å². The second kappa shape index (κ2) is 8.05. The standard InChI is InChI=1S/C7H7NO.C6H6O3S.H2O/c8-7(9)6-4-2-1-3-5-6;7-10(8,9)6-4-2-1-3-5-6;/h1-5H,(H2,8,9);1-5H,(H,7,8,9);1H2. The van der Waals surface area contributed by atoms with Crippen molar-refractivity contribution >= 4 is 16.0 Å². The first-order valence-electron chi connectivity index (χ1n) is 5.28. The highest BCUT2D eigenvalue weighted by molar-refractivity contribution is 7.85. The van der Waals surface area contributed by atoms with Crippen LogP contribution in [-0.4, -0.2) is 24.4 Å². The number of amides is 1. The molecule has 0 aliphatic rings. The normalized spacial score (nSPS) is 9.65. The molecule has 0 aliphatic heterocycles. The Morgan fingerprint density at radius 3 is 1.55 bits per heavy atom. The molecule has 0 bridgehead atoms. The van der Waals surface area contributed by atoms with Crippen LogP contribution in [0.5, 0.6) is 0 Å². The Morgan fingerprint density at radius 2 is 1.30 bits per heavy atom. The van der Waals surface area contributed by atoms with E-state index in [0.29, 0.717) is 5.56 Å². The van der Waals surface area contributed by atoms with E-state index in [0.717, 1.165) is 0 Å². The van der Waals surface area contributed by atoms with Gasteiger partial charge in [0.15, 0.2) is 0 Å². The van der Waals surface area contributed by atoms with E-state index in [1.807, 2.05) is 6.07 Å². The van der Waals surface area contributed by atoms with Crippen LogP contribution in [0.15, 0.2) is 65.6 Å². The predicted molar refractivity (Wildman–Crippen MR) is 74.8 cm³/mol. The lowest BCUT2D eigenvalue weighted by molar-refractivity contribution is 0.1000. The molecule has 5 N–H and O–H groups in total. The van der Waals surface area contributed by atoms with Crippen molar-refractivity contribution in [3.8, 4) is 0 Å². The number of carbonyl (C=O) groups excluding carboxylic acids is 1. The lowest BCUT2D eigenvalue weighted by Gasteiger charge is -1.92. The van der Waals surface area contributed by atoms with Gasteiger partial charge in [-0.2, -0.15) is 8.42 Å². The zero-order valence-electron chi connectivity index (χ0n) is 10.4. The number of rotatable bonds is 2. The topological polar surface area (TPSA) is 129 Å². The first kappa shape index (κ1) is 17.8. The third kappa shape index (κ3) is 6.10. The lowest BCUT2D eigenvalue weighted by atomic mass is 10.2. The minimum atomic E-state index is -4.00. The zero-order valence-corrected chi connectivity index (χ0v) is 11.2. The number of benzene rings is 2. The summed E-state index contributed by atoms with van der Waals surface area (Å²) in [6, 6.07) is 16.2. The van der Waals surface area contributed by atoms with E-state index in [1.165, 1.54) is 12.1 Å². The van der Waals surface area contributed by atoms with E-state index in [-0.39, 0.29) is 16.3 Å². The van der Waals surface area contributed by atoms with Gasteiger partial charge in [-0.15, -0.1) is 0 Å². The van der Waals surface area contributed by atoms with Gasteiger partial charge >= 0.3 is 0 Å². The Balaban J connectivity index is 0.000000345. The molecule has 0 saturated heterocycles. The summed E-state index contributed by atoms with van der Waals surface area (Å²) in [6.45, 7) is 0. The number of hydrogen-bond donors (Lipinski definition) is 2. The Bertz CT molecular complexity index is 626. The van der Waals surface area contributed by atoms with Crippen LogP contribution in [0.4, 0.5) is 0 Å². The predicted octanol–water partition coefficient (Wildman–Crippen LogP) is 0.894. The Morgan fingerprint density at radius 1 is 0.900 bits per heavy atom. The minimum Gasteiger partial charge on any atom is -0.412 e. The molecule has 7 heteroatoms. The fourth-order valence-corrected chi connectivity index (χ4v) is 1.70. The molecule has 0 aromatic heterocycles. The molecule has 0 spiro atoms. The molecule has 0 atom stereocenters. The van der Waals surface area contributed by atoms with Gasteiger partial charge in [-0.3, -0.25) is 9.35 Å². The van der Waals surface area contributed by atoms with Crippen molar-refractivity contribution in [2.24, 2.45) is 5.73 Å². The molecule has 1 amide bonds. The maximum absolute atomic E-state index is 10.4. The SMILES string of the molecule is NC(=O)c1ccccc1.O.O=S(=O)(O)c1ccccc1. The van der Waals surface area contributed by atoms with Crippen molar-refractivity contribution in [2.45, 2.75) is 4.90 Å². The molecule has 6 nitrogen and oxygen atoms in total. The van der Waals surface area contributed by atoms with Crippen LogP contribution in [0, 0.1) is 0 Å². The molecular weight excluding hydrogens is 282 g/mol. The maximum atomic E-state index is 10.4. The molecular formula is C13H15NO5S. The Hall–Kier alpha value is -2.22. The average molecular weight is 297 g/mol. The fourth-order valence-electron chi connectivity index (χ4n) is 1.19. The summed E-state index contributed by atoms with van der Waals surface area (Å²) in [7, 11) is -4.00. The van der Waals surface area contributed by atoms with Crippen LogP contribution in [0.1, 0.15) is 10.4 Å². The molecule has 2 aromatic carbocycles. The highest BCUT2D eigenvalue weighted by atomic mass is 32.2. The second-order valence-electron chi connectivity index (χ2n) is 3.52. The van der Waals surface area contributed by atoms with Gasteiger partial charge in [-0.25, -0.2) is 0 Å². The molecule has 0 saturated carbocycles.